The summed E-state index contributed by atoms with van der Waals surface area (Å²) in [5, 5.41) is 21.0. The molecule has 2 N–H and O–H groups in total. The van der Waals surface area contributed by atoms with Gasteiger partial charge in [-0.15, -0.1) is 5.10 Å². The maximum absolute atomic E-state index is 12.7. The number of hydrogen-bond acceptors (Lipinski definition) is 8. The van der Waals surface area contributed by atoms with Gasteiger partial charge in [0.05, 0.1) is 11.1 Å². The van der Waals surface area contributed by atoms with E-state index >= 15 is 0 Å². The standard InChI is InChI=1S/C17H11ClN6O4/c1-8(25)27-10-3-4-11-14(7-10)28-22-15(11)17(26)19-13-5-2-9(18)6-12(13)16-20-23-24-21-16/h2-7H,1H3,(H,19,26)(H,20,21,23,24). The third-order valence-corrected chi connectivity index (χ3v) is 3.99. The van der Waals surface area contributed by atoms with Crippen molar-refractivity contribution in [3.63, 3.8) is 0 Å². The third-order valence-electron chi connectivity index (χ3n) is 3.75. The van der Waals surface area contributed by atoms with E-state index in [9.17, 15) is 9.59 Å². The molecule has 28 heavy (non-hydrogen) atoms. The van der Waals surface area contributed by atoms with E-state index in [-0.39, 0.29) is 5.69 Å². The topological polar surface area (TPSA) is 136 Å². The Hall–Kier alpha value is -3.79. The molecule has 0 spiro atoms. The second-order valence-corrected chi connectivity index (χ2v) is 6.11. The minimum atomic E-state index is -0.505. The molecule has 0 atom stereocenters. The summed E-state index contributed by atoms with van der Waals surface area (Å²) in [7, 11) is 0. The van der Waals surface area contributed by atoms with Gasteiger partial charge in [0.1, 0.15) is 5.75 Å². The second-order valence-electron chi connectivity index (χ2n) is 5.68. The number of rotatable bonds is 4. The van der Waals surface area contributed by atoms with Gasteiger partial charge in [0.25, 0.3) is 5.91 Å². The Balaban J connectivity index is 1.65. The van der Waals surface area contributed by atoms with E-state index in [0.717, 1.165) is 0 Å². The summed E-state index contributed by atoms with van der Waals surface area (Å²) >= 11 is 6.04. The lowest BCUT2D eigenvalue weighted by molar-refractivity contribution is -0.131. The van der Waals surface area contributed by atoms with Crippen molar-refractivity contribution in [2.45, 2.75) is 6.92 Å². The van der Waals surface area contributed by atoms with E-state index in [4.69, 9.17) is 20.9 Å². The highest BCUT2D eigenvalue weighted by molar-refractivity contribution is 6.31. The zero-order valence-electron chi connectivity index (χ0n) is 14.3. The quantitative estimate of drug-likeness (QED) is 0.395. The van der Waals surface area contributed by atoms with E-state index in [1.54, 1.807) is 30.3 Å². The number of H-pyrrole nitrogens is 1. The van der Waals surface area contributed by atoms with Crippen LogP contribution in [0, 0.1) is 0 Å². The van der Waals surface area contributed by atoms with Crippen LogP contribution in [0.25, 0.3) is 22.4 Å². The Morgan fingerprint density at radius 3 is 2.82 bits per heavy atom. The number of benzene rings is 2. The van der Waals surface area contributed by atoms with Crippen LogP contribution in [0.15, 0.2) is 40.9 Å². The Bertz CT molecular complexity index is 1190. The summed E-state index contributed by atoms with van der Waals surface area (Å²) in [6, 6.07) is 9.48. The summed E-state index contributed by atoms with van der Waals surface area (Å²) in [4.78, 5) is 23.8. The Labute approximate surface area is 161 Å². The van der Waals surface area contributed by atoms with Gasteiger partial charge in [-0.05, 0) is 40.8 Å². The van der Waals surface area contributed by atoms with Gasteiger partial charge in [0, 0.05) is 23.6 Å². The molecule has 0 unspecified atom stereocenters. The van der Waals surface area contributed by atoms with Crippen LogP contribution in [0.1, 0.15) is 17.4 Å². The largest absolute Gasteiger partial charge is 0.427 e. The average Bonchev–Trinajstić information content (AvgIpc) is 3.32. The number of amides is 1. The van der Waals surface area contributed by atoms with Gasteiger partial charge >= 0.3 is 5.97 Å². The lowest BCUT2D eigenvalue weighted by atomic mass is 10.1. The number of carbonyl (C=O) groups excluding carboxylic acids is 2. The Kier molecular flexibility index (Phi) is 4.45. The first-order valence-corrected chi connectivity index (χ1v) is 8.32. The van der Waals surface area contributed by atoms with Gasteiger partial charge in [-0.2, -0.15) is 0 Å². The number of hydrogen-bond donors (Lipinski definition) is 2. The van der Waals surface area contributed by atoms with Crippen LogP contribution in [-0.2, 0) is 4.79 Å². The van der Waals surface area contributed by atoms with Gasteiger partial charge in [-0.3, -0.25) is 9.59 Å². The SMILES string of the molecule is CC(=O)Oc1ccc2c(C(=O)Nc3ccc(Cl)cc3-c3nnn[nH]3)noc2c1. The number of anilines is 1. The molecular weight excluding hydrogens is 388 g/mol. The highest BCUT2D eigenvalue weighted by atomic mass is 35.5. The molecule has 1 amide bonds. The van der Waals surface area contributed by atoms with Crippen LogP contribution in [0.5, 0.6) is 5.75 Å². The summed E-state index contributed by atoms with van der Waals surface area (Å²) in [6.45, 7) is 1.29. The maximum atomic E-state index is 12.7. The molecule has 140 valence electrons. The summed E-state index contributed by atoms with van der Waals surface area (Å²) in [5.74, 6) is -0.334. The van der Waals surface area contributed by atoms with Crippen LogP contribution >= 0.6 is 11.6 Å². The molecule has 0 bridgehead atoms. The Morgan fingerprint density at radius 2 is 2.07 bits per heavy atom. The van der Waals surface area contributed by atoms with Gasteiger partial charge in [0.2, 0.25) is 0 Å². The number of carbonyl (C=O) groups is 2. The summed E-state index contributed by atoms with van der Waals surface area (Å²) in [5.41, 5.74) is 1.32. The van der Waals surface area contributed by atoms with Crippen LogP contribution in [0.2, 0.25) is 5.02 Å². The number of tetrazole rings is 1. The molecule has 0 saturated heterocycles. The predicted octanol–water partition coefficient (Wildman–Crippen LogP) is 2.84. The minimum absolute atomic E-state index is 0.0703. The number of esters is 1. The highest BCUT2D eigenvalue weighted by Crippen LogP contribution is 2.29. The fraction of sp³-hybridized carbons (Fsp3) is 0.0588. The van der Waals surface area contributed by atoms with Crippen molar-refractivity contribution in [1.82, 2.24) is 25.8 Å². The van der Waals surface area contributed by atoms with Gasteiger partial charge in [-0.1, -0.05) is 16.8 Å². The number of nitrogens with one attached hydrogen (secondary N) is 2. The van der Waals surface area contributed by atoms with E-state index < -0.39 is 11.9 Å². The van der Waals surface area contributed by atoms with Gasteiger partial charge in [0.15, 0.2) is 17.1 Å². The molecule has 0 fully saturated rings. The smallest absolute Gasteiger partial charge is 0.308 e. The first-order valence-electron chi connectivity index (χ1n) is 7.94. The predicted molar refractivity (Wildman–Crippen MR) is 97.9 cm³/mol. The summed E-state index contributed by atoms with van der Waals surface area (Å²) < 4.78 is 10.2. The van der Waals surface area contributed by atoms with Crippen LogP contribution < -0.4 is 10.1 Å². The maximum Gasteiger partial charge on any atom is 0.308 e. The van der Waals surface area contributed by atoms with Crippen molar-refractivity contribution in [3.8, 4) is 17.1 Å². The fourth-order valence-corrected chi connectivity index (χ4v) is 2.76. The zero-order chi connectivity index (χ0) is 19.7. The molecule has 2 aromatic carbocycles. The molecule has 0 aliphatic carbocycles. The molecule has 4 aromatic rings. The lowest BCUT2D eigenvalue weighted by Crippen LogP contribution is -2.13. The van der Waals surface area contributed by atoms with Crippen molar-refractivity contribution < 1.29 is 18.8 Å². The van der Waals surface area contributed by atoms with Crippen molar-refractivity contribution >= 4 is 40.1 Å². The molecule has 11 heteroatoms. The van der Waals surface area contributed by atoms with Crippen LogP contribution in [0.4, 0.5) is 5.69 Å². The van der Waals surface area contributed by atoms with Gasteiger partial charge in [-0.25, -0.2) is 5.10 Å². The first kappa shape index (κ1) is 17.6. The molecule has 0 aliphatic heterocycles. The molecule has 2 heterocycles. The summed E-state index contributed by atoms with van der Waals surface area (Å²) in [6.07, 6.45) is 0. The van der Waals surface area contributed by atoms with E-state index in [1.165, 1.54) is 13.0 Å². The van der Waals surface area contributed by atoms with Crippen LogP contribution in [0.3, 0.4) is 0 Å². The lowest BCUT2D eigenvalue weighted by Gasteiger charge is -2.08. The van der Waals surface area contributed by atoms with Crippen LogP contribution in [-0.4, -0.2) is 37.7 Å². The number of fused-ring (bicyclic) bond motifs is 1. The second kappa shape index (κ2) is 7.08. The van der Waals surface area contributed by atoms with E-state index in [1.807, 2.05) is 0 Å². The van der Waals surface area contributed by atoms with Crippen molar-refractivity contribution in [1.29, 1.82) is 0 Å². The molecule has 2 aromatic heterocycles. The number of aromatic nitrogens is 5. The number of halogens is 1. The monoisotopic (exact) mass is 398 g/mol. The molecule has 10 nitrogen and oxygen atoms in total. The van der Waals surface area contributed by atoms with E-state index in [0.29, 0.717) is 38.8 Å². The minimum Gasteiger partial charge on any atom is -0.427 e. The van der Waals surface area contributed by atoms with Crippen molar-refractivity contribution in [3.05, 3.63) is 47.1 Å². The average molecular weight is 399 g/mol. The normalized spacial score (nSPS) is 10.8. The van der Waals surface area contributed by atoms with Gasteiger partial charge < -0.3 is 14.6 Å². The van der Waals surface area contributed by atoms with E-state index in [2.05, 4.69) is 31.1 Å². The third kappa shape index (κ3) is 3.40. The molecule has 0 radical (unpaired) electrons. The highest BCUT2D eigenvalue weighted by Gasteiger charge is 2.19. The van der Waals surface area contributed by atoms with Crippen molar-refractivity contribution in [2.75, 3.05) is 5.32 Å². The number of nitrogens with zero attached hydrogens (tertiary/aromatic N) is 4. The molecule has 0 saturated carbocycles. The number of ether oxygens (including phenoxy) is 1. The molecule has 4 rings (SSSR count). The fourth-order valence-electron chi connectivity index (χ4n) is 2.59. The molecule has 0 aliphatic rings. The van der Waals surface area contributed by atoms with Crippen molar-refractivity contribution in [2.24, 2.45) is 0 Å². The first-order chi connectivity index (χ1) is 13.5. The zero-order valence-corrected chi connectivity index (χ0v) is 15.0. The molecular formula is C17H11ClN6O4. The number of aromatic amines is 1. The Morgan fingerprint density at radius 1 is 1.21 bits per heavy atom.